The molecule has 0 bridgehead atoms. The van der Waals surface area contributed by atoms with Gasteiger partial charge in [0.05, 0.1) is 13.2 Å². The zero-order valence-electron chi connectivity index (χ0n) is 23.4. The number of nitrogens with zero attached hydrogens (tertiary/aromatic N) is 2. The molecule has 0 aliphatic rings. The molecule has 0 N–H and O–H groups in total. The van der Waals surface area contributed by atoms with Crippen LogP contribution in [0.3, 0.4) is 0 Å². The third kappa shape index (κ3) is 9.38. The molecule has 0 unspecified atom stereocenters. The molecule has 3 rings (SSSR count). The van der Waals surface area contributed by atoms with E-state index in [0.717, 1.165) is 63.5 Å². The maximum absolute atomic E-state index is 6.00. The first-order valence-electron chi connectivity index (χ1n) is 13.5. The van der Waals surface area contributed by atoms with Crippen LogP contribution < -0.4 is 9.47 Å². The van der Waals surface area contributed by atoms with Gasteiger partial charge in [-0.3, -0.25) is 0 Å². The van der Waals surface area contributed by atoms with Crippen molar-refractivity contribution in [1.29, 1.82) is 0 Å². The second-order valence-corrected chi connectivity index (χ2v) is 10.0. The van der Waals surface area contributed by atoms with Gasteiger partial charge in [-0.15, -0.1) is 0 Å². The third-order valence-corrected chi connectivity index (χ3v) is 6.25. The van der Waals surface area contributed by atoms with E-state index in [2.05, 4.69) is 124 Å². The third-order valence-electron chi connectivity index (χ3n) is 6.25. The number of benzene rings is 3. The zero-order valence-corrected chi connectivity index (χ0v) is 23.4. The lowest BCUT2D eigenvalue weighted by Crippen LogP contribution is -2.15. The topological polar surface area (TPSA) is 24.9 Å². The summed E-state index contributed by atoms with van der Waals surface area (Å²) in [7, 11) is 8.36. The first kappa shape index (κ1) is 28.5. The number of allylic oxidation sites excluding steroid dienone is 1. The van der Waals surface area contributed by atoms with Crippen molar-refractivity contribution >= 4 is 11.1 Å². The first-order chi connectivity index (χ1) is 18.0. The predicted molar refractivity (Wildman–Crippen MR) is 157 cm³/mol. The van der Waals surface area contributed by atoms with Crippen LogP contribution in [-0.2, 0) is 0 Å². The Morgan fingerprint density at radius 1 is 0.595 bits per heavy atom. The molecular weight excluding hydrogens is 456 g/mol. The van der Waals surface area contributed by atoms with Gasteiger partial charge in [0.25, 0.3) is 0 Å². The first-order valence-corrected chi connectivity index (χ1v) is 13.5. The van der Waals surface area contributed by atoms with Crippen molar-refractivity contribution in [3.8, 4) is 11.5 Å². The van der Waals surface area contributed by atoms with Crippen LogP contribution in [0.5, 0.6) is 11.5 Å². The van der Waals surface area contributed by atoms with Gasteiger partial charge < -0.3 is 19.3 Å². The van der Waals surface area contributed by atoms with Crippen molar-refractivity contribution in [3.05, 3.63) is 95.6 Å². The molecule has 198 valence electrons. The molecular formula is C33H44N2O2. The summed E-state index contributed by atoms with van der Waals surface area (Å²) in [6.07, 6.45) is 4.11. The SMILES string of the molecule is CCCC(=C(c1ccc(OCCCN(C)C)cc1)c1ccc(OCCCN(C)C)cc1)c1ccccc1. The predicted octanol–water partition coefficient (Wildman–Crippen LogP) is 7.11. The quantitative estimate of drug-likeness (QED) is 0.164. The lowest BCUT2D eigenvalue weighted by atomic mass is 9.87. The molecule has 0 spiro atoms. The van der Waals surface area contributed by atoms with Gasteiger partial charge >= 0.3 is 0 Å². The van der Waals surface area contributed by atoms with Crippen LogP contribution in [0.4, 0.5) is 0 Å². The molecule has 4 heteroatoms. The highest BCUT2D eigenvalue weighted by atomic mass is 16.5. The van der Waals surface area contributed by atoms with E-state index in [9.17, 15) is 0 Å². The molecule has 0 saturated heterocycles. The Bertz CT molecular complexity index is 1010. The summed E-state index contributed by atoms with van der Waals surface area (Å²) in [4.78, 5) is 4.37. The average molecular weight is 501 g/mol. The smallest absolute Gasteiger partial charge is 0.119 e. The van der Waals surface area contributed by atoms with Crippen LogP contribution in [0.2, 0.25) is 0 Å². The van der Waals surface area contributed by atoms with Crippen molar-refractivity contribution < 1.29 is 9.47 Å². The van der Waals surface area contributed by atoms with E-state index >= 15 is 0 Å². The second kappa shape index (κ2) is 15.2. The van der Waals surface area contributed by atoms with Gasteiger partial charge in [0.1, 0.15) is 11.5 Å². The Kier molecular flexibility index (Phi) is 11.7. The lowest BCUT2D eigenvalue weighted by Gasteiger charge is -2.18. The van der Waals surface area contributed by atoms with Crippen molar-refractivity contribution in [2.45, 2.75) is 32.6 Å². The van der Waals surface area contributed by atoms with Crippen molar-refractivity contribution in [3.63, 3.8) is 0 Å². The normalized spacial score (nSPS) is 11.1. The van der Waals surface area contributed by atoms with Crippen molar-refractivity contribution in [2.75, 3.05) is 54.5 Å². The molecule has 3 aromatic carbocycles. The average Bonchev–Trinajstić information content (AvgIpc) is 2.90. The van der Waals surface area contributed by atoms with Gasteiger partial charge in [-0.05, 0) is 99.6 Å². The summed E-state index contributed by atoms with van der Waals surface area (Å²) in [5.41, 5.74) is 6.31. The summed E-state index contributed by atoms with van der Waals surface area (Å²) in [5, 5.41) is 0. The number of rotatable bonds is 15. The van der Waals surface area contributed by atoms with E-state index in [4.69, 9.17) is 9.47 Å². The Morgan fingerprint density at radius 3 is 1.46 bits per heavy atom. The molecule has 0 radical (unpaired) electrons. The molecule has 37 heavy (non-hydrogen) atoms. The van der Waals surface area contributed by atoms with Gasteiger partial charge in [0.2, 0.25) is 0 Å². The highest BCUT2D eigenvalue weighted by Gasteiger charge is 2.14. The molecule has 0 aromatic heterocycles. The summed E-state index contributed by atoms with van der Waals surface area (Å²) < 4.78 is 12.0. The van der Waals surface area contributed by atoms with Crippen molar-refractivity contribution in [1.82, 2.24) is 9.80 Å². The van der Waals surface area contributed by atoms with Gasteiger partial charge in [0, 0.05) is 13.1 Å². The molecule has 0 amide bonds. The van der Waals surface area contributed by atoms with E-state index in [1.807, 2.05) is 0 Å². The molecule has 0 heterocycles. The van der Waals surface area contributed by atoms with E-state index in [0.29, 0.717) is 0 Å². The Balaban J connectivity index is 1.89. The Labute approximate surface area is 224 Å². The summed E-state index contributed by atoms with van der Waals surface area (Å²) in [6.45, 7) is 5.74. The fraction of sp³-hybridized carbons (Fsp3) is 0.394. The van der Waals surface area contributed by atoms with Crippen LogP contribution in [0.15, 0.2) is 78.9 Å². The van der Waals surface area contributed by atoms with Gasteiger partial charge in [-0.25, -0.2) is 0 Å². The number of ether oxygens (including phenoxy) is 2. The highest BCUT2D eigenvalue weighted by Crippen LogP contribution is 2.36. The van der Waals surface area contributed by atoms with Crippen LogP contribution in [0, 0.1) is 0 Å². The summed E-state index contributed by atoms with van der Waals surface area (Å²) >= 11 is 0. The minimum absolute atomic E-state index is 0.724. The molecule has 0 fully saturated rings. The number of hydrogen-bond acceptors (Lipinski definition) is 4. The zero-order chi connectivity index (χ0) is 26.5. The molecule has 0 aliphatic heterocycles. The molecule has 0 aliphatic carbocycles. The monoisotopic (exact) mass is 500 g/mol. The summed E-state index contributed by atoms with van der Waals surface area (Å²) in [6, 6.07) is 27.9. The van der Waals surface area contributed by atoms with Gasteiger partial charge in [-0.2, -0.15) is 0 Å². The van der Waals surface area contributed by atoms with Crippen molar-refractivity contribution in [2.24, 2.45) is 0 Å². The van der Waals surface area contributed by atoms with E-state index < -0.39 is 0 Å². The van der Waals surface area contributed by atoms with E-state index in [1.54, 1.807) is 0 Å². The van der Waals surface area contributed by atoms with Crippen LogP contribution in [0.25, 0.3) is 11.1 Å². The minimum atomic E-state index is 0.724. The van der Waals surface area contributed by atoms with Gasteiger partial charge in [-0.1, -0.05) is 67.9 Å². The largest absolute Gasteiger partial charge is 0.494 e. The molecule has 0 saturated carbocycles. The Hall–Kier alpha value is -3.08. The lowest BCUT2D eigenvalue weighted by molar-refractivity contribution is 0.281. The van der Waals surface area contributed by atoms with Crippen LogP contribution in [0.1, 0.15) is 49.3 Å². The van der Waals surface area contributed by atoms with E-state index in [-0.39, 0.29) is 0 Å². The van der Waals surface area contributed by atoms with Crippen LogP contribution in [-0.4, -0.2) is 64.3 Å². The minimum Gasteiger partial charge on any atom is -0.494 e. The maximum Gasteiger partial charge on any atom is 0.119 e. The fourth-order valence-corrected chi connectivity index (χ4v) is 4.40. The van der Waals surface area contributed by atoms with Crippen LogP contribution >= 0.6 is 0 Å². The fourth-order valence-electron chi connectivity index (χ4n) is 4.40. The number of hydrogen-bond donors (Lipinski definition) is 0. The van der Waals surface area contributed by atoms with Gasteiger partial charge in [0.15, 0.2) is 0 Å². The Morgan fingerprint density at radius 2 is 1.05 bits per heavy atom. The summed E-state index contributed by atoms with van der Waals surface area (Å²) in [5.74, 6) is 1.83. The molecule has 4 nitrogen and oxygen atoms in total. The molecule has 0 atom stereocenters. The van der Waals surface area contributed by atoms with E-state index in [1.165, 1.54) is 27.8 Å². The standard InChI is InChI=1S/C33H44N2O2/c1-6-12-32(27-13-8-7-9-14-27)33(28-15-19-30(20-16-28)36-25-10-23-34(2)3)29-17-21-31(22-18-29)37-26-11-24-35(4)5/h7-9,13-22H,6,10-12,23-26H2,1-5H3. The highest BCUT2D eigenvalue weighted by molar-refractivity contribution is 5.98. The molecule has 3 aromatic rings. The maximum atomic E-state index is 6.00. The second-order valence-electron chi connectivity index (χ2n) is 10.0.